The van der Waals surface area contributed by atoms with Gasteiger partial charge in [-0.2, -0.15) is 0 Å². The number of rotatable bonds is 5. The van der Waals surface area contributed by atoms with Crippen LogP contribution in [0.15, 0.2) is 6.20 Å². The van der Waals surface area contributed by atoms with Crippen molar-refractivity contribution in [3.05, 3.63) is 16.1 Å². The Hall–Kier alpha value is -0.450. The van der Waals surface area contributed by atoms with Crippen LogP contribution in [-0.4, -0.2) is 24.6 Å². The molecule has 3 nitrogen and oxygen atoms in total. The molecule has 1 saturated heterocycles. The number of hydrogen-bond donors (Lipinski definition) is 2. The molecule has 1 atom stereocenters. The zero-order chi connectivity index (χ0) is 11.4. The SMILES string of the molecule is CCC1(CNCc2ncc(C)s2)CCNC1. The first-order chi connectivity index (χ1) is 7.74. The molecule has 16 heavy (non-hydrogen) atoms. The molecule has 1 aromatic rings. The predicted octanol–water partition coefficient (Wildman–Crippen LogP) is 1.93. The fraction of sp³-hybridized carbons (Fsp3) is 0.750. The quantitative estimate of drug-likeness (QED) is 0.824. The first-order valence-corrected chi connectivity index (χ1v) is 6.88. The van der Waals surface area contributed by atoms with Crippen LogP contribution in [0, 0.1) is 12.3 Å². The summed E-state index contributed by atoms with van der Waals surface area (Å²) >= 11 is 1.79. The van der Waals surface area contributed by atoms with Crippen molar-refractivity contribution in [1.82, 2.24) is 15.6 Å². The molecule has 2 heterocycles. The summed E-state index contributed by atoms with van der Waals surface area (Å²) in [5, 5.41) is 8.22. The lowest BCUT2D eigenvalue weighted by molar-refractivity contribution is 0.291. The molecule has 0 aromatic carbocycles. The van der Waals surface area contributed by atoms with Crippen molar-refractivity contribution in [2.75, 3.05) is 19.6 Å². The van der Waals surface area contributed by atoms with Crippen molar-refractivity contribution in [2.45, 2.75) is 33.2 Å². The summed E-state index contributed by atoms with van der Waals surface area (Å²) in [6.07, 6.45) is 4.51. The van der Waals surface area contributed by atoms with E-state index in [4.69, 9.17) is 0 Å². The largest absolute Gasteiger partial charge is 0.316 e. The second-order valence-electron chi connectivity index (χ2n) is 4.75. The van der Waals surface area contributed by atoms with Crippen molar-refractivity contribution >= 4 is 11.3 Å². The highest BCUT2D eigenvalue weighted by Gasteiger charge is 2.31. The highest BCUT2D eigenvalue weighted by atomic mass is 32.1. The molecular formula is C12H21N3S. The van der Waals surface area contributed by atoms with E-state index in [0.717, 1.165) is 19.6 Å². The van der Waals surface area contributed by atoms with Gasteiger partial charge in [0.25, 0.3) is 0 Å². The molecule has 1 aliphatic rings. The maximum absolute atomic E-state index is 4.37. The van der Waals surface area contributed by atoms with Crippen molar-refractivity contribution in [2.24, 2.45) is 5.41 Å². The molecule has 1 unspecified atom stereocenters. The smallest absolute Gasteiger partial charge is 0.107 e. The zero-order valence-corrected chi connectivity index (χ0v) is 11.0. The van der Waals surface area contributed by atoms with Gasteiger partial charge in [0, 0.05) is 30.7 Å². The zero-order valence-electron chi connectivity index (χ0n) is 10.2. The lowest BCUT2D eigenvalue weighted by atomic mass is 9.84. The highest BCUT2D eigenvalue weighted by Crippen LogP contribution is 2.28. The second-order valence-corrected chi connectivity index (χ2v) is 6.07. The van der Waals surface area contributed by atoms with Crippen LogP contribution in [0.2, 0.25) is 0 Å². The third-order valence-electron chi connectivity index (χ3n) is 3.53. The monoisotopic (exact) mass is 239 g/mol. The molecule has 2 N–H and O–H groups in total. The van der Waals surface area contributed by atoms with Gasteiger partial charge in [0.15, 0.2) is 0 Å². The lowest BCUT2D eigenvalue weighted by Gasteiger charge is -2.26. The average molecular weight is 239 g/mol. The Balaban J connectivity index is 1.78. The Morgan fingerprint density at radius 1 is 1.62 bits per heavy atom. The number of nitrogens with one attached hydrogen (secondary N) is 2. The first-order valence-electron chi connectivity index (χ1n) is 6.07. The van der Waals surface area contributed by atoms with Crippen molar-refractivity contribution in [3.8, 4) is 0 Å². The molecule has 0 saturated carbocycles. The minimum absolute atomic E-state index is 0.478. The molecule has 1 aromatic heterocycles. The molecule has 0 bridgehead atoms. The topological polar surface area (TPSA) is 37.0 Å². The van der Waals surface area contributed by atoms with Gasteiger partial charge in [-0.3, -0.25) is 0 Å². The average Bonchev–Trinajstić information content (AvgIpc) is 2.89. The second kappa shape index (κ2) is 5.25. The number of aromatic nitrogens is 1. The minimum atomic E-state index is 0.478. The standard InChI is InChI=1S/C12H21N3S/c1-3-12(4-5-13-8-12)9-14-7-11-15-6-10(2)16-11/h6,13-14H,3-5,7-9H2,1-2H3. The number of nitrogens with zero attached hydrogens (tertiary/aromatic N) is 1. The van der Waals surface area contributed by atoms with Gasteiger partial charge in [0.05, 0.1) is 0 Å². The Bertz CT molecular complexity index is 329. The van der Waals surface area contributed by atoms with Gasteiger partial charge in [-0.05, 0) is 31.7 Å². The van der Waals surface area contributed by atoms with E-state index in [2.05, 4.69) is 29.5 Å². The Labute approximate surface area is 102 Å². The molecule has 0 spiro atoms. The van der Waals surface area contributed by atoms with Crippen molar-refractivity contribution in [1.29, 1.82) is 0 Å². The van der Waals surface area contributed by atoms with E-state index in [1.807, 2.05) is 6.20 Å². The summed E-state index contributed by atoms with van der Waals surface area (Å²) in [6, 6.07) is 0. The summed E-state index contributed by atoms with van der Waals surface area (Å²) in [5.41, 5.74) is 0.478. The Kier molecular flexibility index (Phi) is 3.95. The summed E-state index contributed by atoms with van der Waals surface area (Å²) in [5.74, 6) is 0. The van der Waals surface area contributed by atoms with Crippen molar-refractivity contribution < 1.29 is 0 Å². The van der Waals surface area contributed by atoms with Crippen LogP contribution in [0.5, 0.6) is 0 Å². The van der Waals surface area contributed by atoms with E-state index in [0.29, 0.717) is 5.41 Å². The van der Waals surface area contributed by atoms with Crippen LogP contribution in [-0.2, 0) is 6.54 Å². The van der Waals surface area contributed by atoms with E-state index < -0.39 is 0 Å². The van der Waals surface area contributed by atoms with Crippen molar-refractivity contribution in [3.63, 3.8) is 0 Å². The Morgan fingerprint density at radius 2 is 2.50 bits per heavy atom. The van der Waals surface area contributed by atoms with E-state index in [1.165, 1.54) is 29.3 Å². The number of hydrogen-bond acceptors (Lipinski definition) is 4. The normalized spacial score (nSPS) is 25.1. The molecule has 0 amide bonds. The van der Waals surface area contributed by atoms with Gasteiger partial charge in [-0.1, -0.05) is 6.92 Å². The van der Waals surface area contributed by atoms with Gasteiger partial charge in [0.2, 0.25) is 0 Å². The summed E-state index contributed by atoms with van der Waals surface area (Å²) in [7, 11) is 0. The first kappa shape index (κ1) is 12.0. The van der Waals surface area contributed by atoms with Crippen LogP contribution in [0.1, 0.15) is 29.7 Å². The maximum Gasteiger partial charge on any atom is 0.107 e. The Morgan fingerprint density at radius 3 is 3.06 bits per heavy atom. The minimum Gasteiger partial charge on any atom is -0.316 e. The predicted molar refractivity (Wildman–Crippen MR) is 68.8 cm³/mol. The molecule has 90 valence electrons. The van der Waals surface area contributed by atoms with Gasteiger partial charge in [-0.15, -0.1) is 11.3 Å². The summed E-state index contributed by atoms with van der Waals surface area (Å²) in [4.78, 5) is 5.66. The van der Waals surface area contributed by atoms with Gasteiger partial charge in [0.1, 0.15) is 5.01 Å². The molecule has 1 aliphatic heterocycles. The molecule has 2 rings (SSSR count). The van der Waals surface area contributed by atoms with Gasteiger partial charge in [-0.25, -0.2) is 4.98 Å². The molecule has 0 radical (unpaired) electrons. The van der Waals surface area contributed by atoms with Crippen LogP contribution in [0.25, 0.3) is 0 Å². The van der Waals surface area contributed by atoms with Crippen LogP contribution in [0.4, 0.5) is 0 Å². The van der Waals surface area contributed by atoms with Gasteiger partial charge >= 0.3 is 0 Å². The van der Waals surface area contributed by atoms with E-state index in [-0.39, 0.29) is 0 Å². The van der Waals surface area contributed by atoms with E-state index in [1.54, 1.807) is 11.3 Å². The summed E-state index contributed by atoms with van der Waals surface area (Å²) in [6.45, 7) is 8.76. The summed E-state index contributed by atoms with van der Waals surface area (Å²) < 4.78 is 0. The molecule has 4 heteroatoms. The van der Waals surface area contributed by atoms with Gasteiger partial charge < -0.3 is 10.6 Å². The molecular weight excluding hydrogens is 218 g/mol. The maximum atomic E-state index is 4.37. The molecule has 0 aliphatic carbocycles. The highest BCUT2D eigenvalue weighted by molar-refractivity contribution is 7.11. The van der Waals surface area contributed by atoms with Crippen LogP contribution >= 0.6 is 11.3 Å². The van der Waals surface area contributed by atoms with Crippen LogP contribution < -0.4 is 10.6 Å². The van der Waals surface area contributed by atoms with E-state index >= 15 is 0 Å². The number of thiazole rings is 1. The van der Waals surface area contributed by atoms with Crippen LogP contribution in [0.3, 0.4) is 0 Å². The lowest BCUT2D eigenvalue weighted by Crippen LogP contribution is -2.35. The fourth-order valence-corrected chi connectivity index (χ4v) is 3.05. The number of aryl methyl sites for hydroxylation is 1. The molecule has 1 fully saturated rings. The van der Waals surface area contributed by atoms with E-state index in [9.17, 15) is 0 Å². The third kappa shape index (κ3) is 2.81. The fourth-order valence-electron chi connectivity index (χ4n) is 2.29. The third-order valence-corrected chi connectivity index (χ3v) is 4.44.